The van der Waals surface area contributed by atoms with Gasteiger partial charge in [0.05, 0.1) is 33.8 Å². The minimum Gasteiger partial charge on any atom is -0.325 e. The van der Waals surface area contributed by atoms with Gasteiger partial charge in [-0.05, 0) is 37.3 Å². The normalized spacial score (nSPS) is 16.7. The highest BCUT2D eigenvalue weighted by Crippen LogP contribution is 2.23. The number of nitrogens with zero attached hydrogens (tertiary/aromatic N) is 3. The number of H-pyrrole nitrogens is 2. The molecule has 1 atom stereocenters. The van der Waals surface area contributed by atoms with E-state index in [0.717, 1.165) is 48.8 Å². The first-order valence-electron chi connectivity index (χ1n) is 10.4. The number of benzene rings is 2. The summed E-state index contributed by atoms with van der Waals surface area (Å²) >= 11 is 1.75. The molecular weight excluding hydrogens is 412 g/mol. The van der Waals surface area contributed by atoms with Crippen molar-refractivity contribution in [2.75, 3.05) is 31.5 Å². The first kappa shape index (κ1) is 19.9. The van der Waals surface area contributed by atoms with Gasteiger partial charge in [0, 0.05) is 31.9 Å². The molecule has 31 heavy (non-hydrogen) atoms. The standard InChI is InChI=1S/C22H24N6O2S/c1-14(21(29)23-15-6-7-16-18(12-15)26-22(30)25-16)28-10-8-27(9-11-28)13-20-24-17-4-2-3-5-19(17)31-20/h2-7,12,14H,8-11,13H2,1H3,(H,23,29)(H2,25,26,30). The van der Waals surface area contributed by atoms with Gasteiger partial charge in [0.1, 0.15) is 5.01 Å². The number of carbonyl (C=O) groups excluding carboxylic acids is 1. The highest BCUT2D eigenvalue weighted by molar-refractivity contribution is 7.18. The average molecular weight is 437 g/mol. The van der Waals surface area contributed by atoms with E-state index in [4.69, 9.17) is 4.98 Å². The van der Waals surface area contributed by atoms with Gasteiger partial charge in [-0.15, -0.1) is 11.3 Å². The molecule has 2 aromatic heterocycles. The summed E-state index contributed by atoms with van der Waals surface area (Å²) in [5.41, 5.74) is 2.89. The zero-order chi connectivity index (χ0) is 21.4. The molecule has 0 radical (unpaired) electrons. The molecule has 0 saturated carbocycles. The number of hydrogen-bond acceptors (Lipinski definition) is 6. The number of amides is 1. The number of fused-ring (bicyclic) bond motifs is 2. The molecule has 3 heterocycles. The Kier molecular flexibility index (Phi) is 5.31. The summed E-state index contributed by atoms with van der Waals surface area (Å²) in [6.07, 6.45) is 0. The van der Waals surface area contributed by atoms with Crippen LogP contribution in [0, 0.1) is 0 Å². The second-order valence-electron chi connectivity index (χ2n) is 7.89. The van der Waals surface area contributed by atoms with Crippen LogP contribution < -0.4 is 11.0 Å². The van der Waals surface area contributed by atoms with E-state index < -0.39 is 0 Å². The van der Waals surface area contributed by atoms with Crippen molar-refractivity contribution >= 4 is 44.2 Å². The number of anilines is 1. The van der Waals surface area contributed by atoms with Crippen LogP contribution >= 0.6 is 11.3 Å². The van der Waals surface area contributed by atoms with Crippen molar-refractivity contribution in [3.8, 4) is 0 Å². The van der Waals surface area contributed by atoms with Crippen molar-refractivity contribution in [2.45, 2.75) is 19.5 Å². The molecule has 2 aromatic carbocycles. The van der Waals surface area contributed by atoms with Crippen molar-refractivity contribution in [1.82, 2.24) is 24.8 Å². The Morgan fingerprint density at radius 1 is 1.13 bits per heavy atom. The first-order valence-corrected chi connectivity index (χ1v) is 11.2. The average Bonchev–Trinajstić information content (AvgIpc) is 3.35. The maximum Gasteiger partial charge on any atom is 0.323 e. The molecule has 9 heteroatoms. The summed E-state index contributed by atoms with van der Waals surface area (Å²) in [5.74, 6) is -0.0446. The van der Waals surface area contributed by atoms with Crippen LogP contribution in [-0.4, -0.2) is 62.9 Å². The van der Waals surface area contributed by atoms with Crippen LogP contribution in [-0.2, 0) is 11.3 Å². The molecule has 1 amide bonds. The predicted octanol–water partition coefficient (Wildman–Crippen LogP) is 2.61. The van der Waals surface area contributed by atoms with Gasteiger partial charge in [0.2, 0.25) is 5.91 Å². The summed E-state index contributed by atoms with van der Waals surface area (Å²) in [4.78, 5) is 38.9. The lowest BCUT2D eigenvalue weighted by molar-refractivity contribution is -0.121. The summed E-state index contributed by atoms with van der Waals surface area (Å²) in [6.45, 7) is 6.28. The Hall–Kier alpha value is -3.01. The van der Waals surface area contributed by atoms with Gasteiger partial charge in [0.15, 0.2) is 0 Å². The minimum absolute atomic E-state index is 0.0446. The molecular formula is C22H24N6O2S. The Labute approximate surface area is 182 Å². The minimum atomic E-state index is -0.254. The van der Waals surface area contributed by atoms with Gasteiger partial charge in [-0.25, -0.2) is 9.78 Å². The largest absolute Gasteiger partial charge is 0.325 e. The van der Waals surface area contributed by atoms with E-state index in [-0.39, 0.29) is 17.6 Å². The fourth-order valence-corrected chi connectivity index (χ4v) is 5.02. The molecule has 1 saturated heterocycles. The smallest absolute Gasteiger partial charge is 0.323 e. The topological polar surface area (TPSA) is 97.1 Å². The molecule has 0 aliphatic carbocycles. The van der Waals surface area contributed by atoms with E-state index in [1.165, 1.54) is 4.70 Å². The van der Waals surface area contributed by atoms with Crippen molar-refractivity contribution in [2.24, 2.45) is 0 Å². The Morgan fingerprint density at radius 3 is 2.71 bits per heavy atom. The molecule has 8 nitrogen and oxygen atoms in total. The van der Waals surface area contributed by atoms with Crippen LogP contribution in [0.1, 0.15) is 11.9 Å². The van der Waals surface area contributed by atoms with Gasteiger partial charge in [-0.2, -0.15) is 0 Å². The zero-order valence-electron chi connectivity index (χ0n) is 17.2. The first-order chi connectivity index (χ1) is 15.0. The molecule has 1 aliphatic rings. The third-order valence-electron chi connectivity index (χ3n) is 5.81. The van der Waals surface area contributed by atoms with E-state index in [2.05, 4.69) is 37.2 Å². The Morgan fingerprint density at radius 2 is 1.90 bits per heavy atom. The third kappa shape index (κ3) is 4.25. The number of aromatic amines is 2. The van der Waals surface area contributed by atoms with Crippen molar-refractivity contribution in [3.63, 3.8) is 0 Å². The van der Waals surface area contributed by atoms with Gasteiger partial charge < -0.3 is 15.3 Å². The van der Waals surface area contributed by atoms with Crippen LogP contribution in [0.5, 0.6) is 0 Å². The molecule has 1 aliphatic heterocycles. The van der Waals surface area contributed by atoms with Crippen molar-refractivity contribution < 1.29 is 4.79 Å². The van der Waals surface area contributed by atoms with E-state index in [0.29, 0.717) is 11.2 Å². The summed E-state index contributed by atoms with van der Waals surface area (Å²) in [5, 5.41) is 4.11. The van der Waals surface area contributed by atoms with Crippen LogP contribution in [0.2, 0.25) is 0 Å². The van der Waals surface area contributed by atoms with E-state index in [1.807, 2.05) is 19.1 Å². The summed E-state index contributed by atoms with van der Waals surface area (Å²) in [7, 11) is 0. The Bertz CT molecular complexity index is 1250. The molecule has 5 rings (SSSR count). The second kappa shape index (κ2) is 8.26. The van der Waals surface area contributed by atoms with Gasteiger partial charge in [-0.1, -0.05) is 12.1 Å². The molecule has 4 aromatic rings. The molecule has 1 unspecified atom stereocenters. The highest BCUT2D eigenvalue weighted by atomic mass is 32.1. The number of imidazole rings is 1. The van der Waals surface area contributed by atoms with Gasteiger partial charge in [-0.3, -0.25) is 14.6 Å². The van der Waals surface area contributed by atoms with Crippen LogP contribution in [0.15, 0.2) is 47.3 Å². The Balaban J connectivity index is 1.16. The maximum absolute atomic E-state index is 12.8. The number of piperazine rings is 1. The maximum atomic E-state index is 12.8. The lowest BCUT2D eigenvalue weighted by Crippen LogP contribution is -2.52. The van der Waals surface area contributed by atoms with Crippen molar-refractivity contribution in [3.05, 3.63) is 58.0 Å². The second-order valence-corrected chi connectivity index (χ2v) is 9.01. The lowest BCUT2D eigenvalue weighted by Gasteiger charge is -2.37. The zero-order valence-corrected chi connectivity index (χ0v) is 18.0. The quantitative estimate of drug-likeness (QED) is 0.447. The van der Waals surface area contributed by atoms with Crippen LogP contribution in [0.25, 0.3) is 21.3 Å². The number of hydrogen-bond donors (Lipinski definition) is 3. The number of rotatable bonds is 5. The highest BCUT2D eigenvalue weighted by Gasteiger charge is 2.26. The summed E-state index contributed by atoms with van der Waals surface area (Å²) < 4.78 is 1.23. The molecule has 0 spiro atoms. The number of nitrogens with one attached hydrogen (secondary N) is 3. The molecule has 1 fully saturated rings. The van der Waals surface area contributed by atoms with E-state index in [9.17, 15) is 9.59 Å². The lowest BCUT2D eigenvalue weighted by atomic mass is 10.2. The molecule has 160 valence electrons. The van der Waals surface area contributed by atoms with E-state index >= 15 is 0 Å². The van der Waals surface area contributed by atoms with Gasteiger partial charge >= 0.3 is 5.69 Å². The number of thiazole rings is 1. The van der Waals surface area contributed by atoms with Gasteiger partial charge in [0.25, 0.3) is 0 Å². The number of para-hydroxylation sites is 1. The number of aromatic nitrogens is 3. The summed E-state index contributed by atoms with van der Waals surface area (Å²) in [6, 6.07) is 13.4. The van der Waals surface area contributed by atoms with Crippen molar-refractivity contribution in [1.29, 1.82) is 0 Å². The molecule has 3 N–H and O–H groups in total. The SMILES string of the molecule is CC(C(=O)Nc1ccc2[nH]c(=O)[nH]c2c1)N1CCN(Cc2nc3ccccc3s2)CC1. The fourth-order valence-electron chi connectivity index (χ4n) is 4.01. The molecule has 0 bridgehead atoms. The monoisotopic (exact) mass is 436 g/mol. The van der Waals surface area contributed by atoms with Crippen LogP contribution in [0.4, 0.5) is 5.69 Å². The number of carbonyl (C=O) groups is 1. The van der Waals surface area contributed by atoms with Crippen LogP contribution in [0.3, 0.4) is 0 Å². The predicted molar refractivity (Wildman–Crippen MR) is 123 cm³/mol. The van der Waals surface area contributed by atoms with E-state index in [1.54, 1.807) is 29.5 Å². The third-order valence-corrected chi connectivity index (χ3v) is 6.84. The fraction of sp³-hybridized carbons (Fsp3) is 0.318.